The highest BCUT2D eigenvalue weighted by Crippen LogP contribution is 2.44. The first kappa shape index (κ1) is 17.5. The molecule has 2 aliphatic rings. The van der Waals surface area contributed by atoms with Gasteiger partial charge in [-0.05, 0) is 64.1 Å². The third-order valence-corrected chi connectivity index (χ3v) is 6.02. The molecule has 2 fully saturated rings. The maximum atomic E-state index is 13.0. The van der Waals surface area contributed by atoms with E-state index in [9.17, 15) is 4.79 Å². The highest BCUT2D eigenvalue weighted by Gasteiger charge is 2.45. The second-order valence-electron chi connectivity index (χ2n) is 7.92. The molecule has 1 amide bonds. The Balaban J connectivity index is 1.66. The van der Waals surface area contributed by atoms with E-state index in [0.717, 1.165) is 38.9 Å². The van der Waals surface area contributed by atoms with Gasteiger partial charge in [-0.15, -0.1) is 0 Å². The monoisotopic (exact) mass is 328 g/mol. The van der Waals surface area contributed by atoms with Gasteiger partial charge in [0.1, 0.15) is 0 Å². The van der Waals surface area contributed by atoms with E-state index < -0.39 is 0 Å². The largest absolute Gasteiger partial charge is 0.355 e. The van der Waals surface area contributed by atoms with Crippen molar-refractivity contribution in [3.05, 3.63) is 34.9 Å². The lowest BCUT2D eigenvalue weighted by molar-refractivity contribution is -0.130. The smallest absolute Gasteiger partial charge is 0.230 e. The van der Waals surface area contributed by atoms with Gasteiger partial charge in [0.15, 0.2) is 0 Å². The van der Waals surface area contributed by atoms with Crippen LogP contribution in [0.5, 0.6) is 0 Å². The molecular weight excluding hydrogens is 296 g/mol. The first-order valence-electron chi connectivity index (χ1n) is 9.63. The standard InChI is InChI=1S/C21H32N2O/c1-4-23-10-5-7-18(15-23)14-22-20(24)21(8-6-9-21)19-12-16(2)11-17(3)13-19/h11-13,18H,4-10,14-15H2,1-3H3,(H,22,24)/t18-/m0/s1. The SMILES string of the molecule is CCN1CCC[C@@H](CNC(=O)C2(c3cc(C)cc(C)c3)CCC2)C1. The molecule has 3 heteroatoms. The fraction of sp³-hybridized carbons (Fsp3) is 0.667. The molecule has 1 atom stereocenters. The van der Waals surface area contributed by atoms with Crippen LogP contribution in [0.1, 0.15) is 55.7 Å². The zero-order valence-electron chi connectivity index (χ0n) is 15.5. The Hall–Kier alpha value is -1.35. The summed E-state index contributed by atoms with van der Waals surface area (Å²) in [5.74, 6) is 0.867. The molecule has 1 saturated heterocycles. The quantitative estimate of drug-likeness (QED) is 0.896. The second-order valence-corrected chi connectivity index (χ2v) is 7.92. The lowest BCUT2D eigenvalue weighted by atomic mass is 9.63. The Kier molecular flexibility index (Phi) is 5.29. The first-order valence-corrected chi connectivity index (χ1v) is 9.63. The van der Waals surface area contributed by atoms with Gasteiger partial charge in [-0.3, -0.25) is 4.79 Å². The molecule has 1 aromatic carbocycles. The summed E-state index contributed by atoms with van der Waals surface area (Å²) in [5, 5.41) is 3.31. The minimum Gasteiger partial charge on any atom is -0.355 e. The van der Waals surface area contributed by atoms with Crippen molar-refractivity contribution in [2.45, 2.75) is 58.3 Å². The van der Waals surface area contributed by atoms with Crippen molar-refractivity contribution in [2.24, 2.45) is 5.92 Å². The van der Waals surface area contributed by atoms with Crippen molar-refractivity contribution in [3.8, 4) is 0 Å². The van der Waals surface area contributed by atoms with Crippen LogP contribution in [0.25, 0.3) is 0 Å². The summed E-state index contributed by atoms with van der Waals surface area (Å²) in [5.41, 5.74) is 3.48. The number of nitrogens with zero attached hydrogens (tertiary/aromatic N) is 1. The first-order chi connectivity index (χ1) is 11.5. The van der Waals surface area contributed by atoms with Crippen LogP contribution in [0, 0.1) is 19.8 Å². The summed E-state index contributed by atoms with van der Waals surface area (Å²) >= 11 is 0. The Labute approximate surface area is 146 Å². The van der Waals surface area contributed by atoms with Crippen molar-refractivity contribution in [2.75, 3.05) is 26.2 Å². The summed E-state index contributed by atoms with van der Waals surface area (Å²) in [6.45, 7) is 10.8. The van der Waals surface area contributed by atoms with Crippen molar-refractivity contribution in [3.63, 3.8) is 0 Å². The topological polar surface area (TPSA) is 32.3 Å². The molecule has 1 aromatic rings. The predicted molar refractivity (Wildman–Crippen MR) is 99.3 cm³/mol. The number of nitrogens with one attached hydrogen (secondary N) is 1. The minimum absolute atomic E-state index is 0.257. The van der Waals surface area contributed by atoms with Crippen LogP contribution >= 0.6 is 0 Å². The summed E-state index contributed by atoms with van der Waals surface area (Å²) in [7, 11) is 0. The Bertz CT molecular complexity index is 571. The number of carbonyl (C=O) groups is 1. The summed E-state index contributed by atoms with van der Waals surface area (Å²) in [6, 6.07) is 6.62. The van der Waals surface area contributed by atoms with Crippen molar-refractivity contribution in [1.29, 1.82) is 0 Å². The van der Waals surface area contributed by atoms with Crippen LogP contribution in [0.3, 0.4) is 0 Å². The zero-order chi connectivity index (χ0) is 17.2. The molecule has 0 radical (unpaired) electrons. The van der Waals surface area contributed by atoms with Crippen LogP contribution in [0.15, 0.2) is 18.2 Å². The number of rotatable bonds is 5. The normalized spacial score (nSPS) is 23.5. The highest BCUT2D eigenvalue weighted by atomic mass is 16.2. The van der Waals surface area contributed by atoms with E-state index in [0.29, 0.717) is 5.92 Å². The van der Waals surface area contributed by atoms with Gasteiger partial charge in [0.05, 0.1) is 5.41 Å². The van der Waals surface area contributed by atoms with Crippen LogP contribution < -0.4 is 5.32 Å². The lowest BCUT2D eigenvalue weighted by Gasteiger charge is -2.41. The molecule has 0 spiro atoms. The van der Waals surface area contributed by atoms with Gasteiger partial charge < -0.3 is 10.2 Å². The van der Waals surface area contributed by atoms with Gasteiger partial charge in [-0.2, -0.15) is 0 Å². The van der Waals surface area contributed by atoms with Crippen molar-refractivity contribution < 1.29 is 4.79 Å². The molecule has 24 heavy (non-hydrogen) atoms. The summed E-state index contributed by atoms with van der Waals surface area (Å²) in [4.78, 5) is 15.5. The number of carbonyl (C=O) groups excluding carboxylic acids is 1. The summed E-state index contributed by atoms with van der Waals surface area (Å²) in [6.07, 6.45) is 5.65. The zero-order valence-corrected chi connectivity index (χ0v) is 15.5. The number of amides is 1. The molecule has 132 valence electrons. The van der Waals surface area contributed by atoms with E-state index in [1.807, 2.05) is 0 Å². The fourth-order valence-electron chi connectivity index (χ4n) is 4.44. The van der Waals surface area contributed by atoms with Crippen LogP contribution in [-0.2, 0) is 10.2 Å². The average molecular weight is 329 g/mol. The fourth-order valence-corrected chi connectivity index (χ4v) is 4.44. The van der Waals surface area contributed by atoms with E-state index in [2.05, 4.69) is 49.2 Å². The van der Waals surface area contributed by atoms with Crippen LogP contribution in [-0.4, -0.2) is 37.0 Å². The van der Waals surface area contributed by atoms with Crippen molar-refractivity contribution in [1.82, 2.24) is 10.2 Å². The highest BCUT2D eigenvalue weighted by molar-refractivity contribution is 5.89. The molecule has 0 aromatic heterocycles. The molecule has 3 nitrogen and oxygen atoms in total. The van der Waals surface area contributed by atoms with Crippen molar-refractivity contribution >= 4 is 5.91 Å². The molecule has 1 aliphatic heterocycles. The van der Waals surface area contributed by atoms with E-state index in [4.69, 9.17) is 0 Å². The van der Waals surface area contributed by atoms with Crippen LogP contribution in [0.2, 0.25) is 0 Å². The minimum atomic E-state index is -0.268. The molecule has 1 N–H and O–H groups in total. The molecule has 1 heterocycles. The number of piperidine rings is 1. The molecular formula is C21H32N2O. The maximum Gasteiger partial charge on any atom is 0.230 e. The number of hydrogen-bond donors (Lipinski definition) is 1. The van der Waals surface area contributed by atoms with Gasteiger partial charge in [0.25, 0.3) is 0 Å². The van der Waals surface area contributed by atoms with Gasteiger partial charge in [-0.25, -0.2) is 0 Å². The third-order valence-electron chi connectivity index (χ3n) is 6.02. The number of aryl methyl sites for hydroxylation is 2. The second kappa shape index (κ2) is 7.26. The molecule has 1 aliphatic carbocycles. The third kappa shape index (κ3) is 3.51. The molecule has 3 rings (SSSR count). The van der Waals surface area contributed by atoms with E-state index in [1.54, 1.807) is 0 Å². The Morgan fingerprint density at radius 3 is 2.50 bits per heavy atom. The van der Waals surface area contributed by atoms with Gasteiger partial charge >= 0.3 is 0 Å². The van der Waals surface area contributed by atoms with Gasteiger partial charge in [0.2, 0.25) is 5.91 Å². The predicted octanol–water partition coefficient (Wildman–Crippen LogP) is 3.57. The summed E-state index contributed by atoms with van der Waals surface area (Å²) < 4.78 is 0. The van der Waals surface area contributed by atoms with Crippen LogP contribution in [0.4, 0.5) is 0 Å². The Morgan fingerprint density at radius 2 is 1.92 bits per heavy atom. The van der Waals surface area contributed by atoms with E-state index in [-0.39, 0.29) is 11.3 Å². The van der Waals surface area contributed by atoms with E-state index >= 15 is 0 Å². The lowest BCUT2D eigenvalue weighted by Crippen LogP contribution is -2.51. The molecule has 0 unspecified atom stereocenters. The average Bonchev–Trinajstić information content (AvgIpc) is 2.51. The maximum absolute atomic E-state index is 13.0. The van der Waals surface area contributed by atoms with E-state index in [1.165, 1.54) is 36.1 Å². The Morgan fingerprint density at radius 1 is 1.21 bits per heavy atom. The van der Waals surface area contributed by atoms with Gasteiger partial charge in [-0.1, -0.05) is 42.7 Å². The molecule has 0 bridgehead atoms. The number of likely N-dealkylation sites (tertiary alicyclic amines) is 1. The van der Waals surface area contributed by atoms with Gasteiger partial charge in [0, 0.05) is 13.1 Å². The number of benzene rings is 1. The molecule has 1 saturated carbocycles. The number of hydrogen-bond acceptors (Lipinski definition) is 2.